The van der Waals surface area contributed by atoms with Crippen molar-refractivity contribution in [1.82, 2.24) is 15.3 Å². The molecule has 0 radical (unpaired) electrons. The largest absolute Gasteiger partial charge is 0.493 e. The van der Waals surface area contributed by atoms with Crippen molar-refractivity contribution in [3.63, 3.8) is 0 Å². The summed E-state index contributed by atoms with van der Waals surface area (Å²) in [6, 6.07) is 6.15. The second kappa shape index (κ2) is 8.51. The van der Waals surface area contributed by atoms with Crippen LogP contribution < -0.4 is 25.3 Å². The molecule has 3 heterocycles. The zero-order chi connectivity index (χ0) is 23.2. The van der Waals surface area contributed by atoms with Gasteiger partial charge in [0.1, 0.15) is 11.3 Å². The second-order valence-electron chi connectivity index (χ2n) is 9.72. The zero-order valence-corrected chi connectivity index (χ0v) is 19.4. The van der Waals surface area contributed by atoms with E-state index in [1.165, 1.54) is 12.8 Å². The molecular formula is C26H30N4O4. The van der Waals surface area contributed by atoms with Gasteiger partial charge >= 0.3 is 0 Å². The molecule has 0 bridgehead atoms. The van der Waals surface area contributed by atoms with Gasteiger partial charge in [-0.15, -0.1) is 0 Å². The summed E-state index contributed by atoms with van der Waals surface area (Å²) in [4.78, 5) is 21.3. The molecule has 1 amide bonds. The third-order valence-corrected chi connectivity index (χ3v) is 7.15. The Morgan fingerprint density at radius 2 is 2.00 bits per heavy atom. The summed E-state index contributed by atoms with van der Waals surface area (Å²) in [5, 5.41) is 3.20. The number of aromatic nitrogens is 2. The smallest absolute Gasteiger partial charge is 0.255 e. The summed E-state index contributed by atoms with van der Waals surface area (Å²) in [7, 11) is 0. The molecule has 3 aliphatic rings. The van der Waals surface area contributed by atoms with Crippen molar-refractivity contribution < 1.29 is 19.0 Å². The Morgan fingerprint density at radius 1 is 1.18 bits per heavy atom. The molecule has 8 nitrogen and oxygen atoms in total. The van der Waals surface area contributed by atoms with Gasteiger partial charge in [-0.2, -0.15) is 0 Å². The molecule has 3 aromatic rings. The van der Waals surface area contributed by atoms with Crippen LogP contribution in [0, 0.1) is 12.8 Å². The summed E-state index contributed by atoms with van der Waals surface area (Å²) >= 11 is 0. The lowest BCUT2D eigenvalue weighted by molar-refractivity contribution is 0.0927. The van der Waals surface area contributed by atoms with Crippen LogP contribution in [-0.2, 0) is 0 Å². The topological polar surface area (TPSA) is 111 Å². The molecule has 34 heavy (non-hydrogen) atoms. The number of nitrogens with two attached hydrogens (primary N) is 1. The van der Waals surface area contributed by atoms with Crippen LogP contribution >= 0.6 is 0 Å². The van der Waals surface area contributed by atoms with Gasteiger partial charge in [-0.05, 0) is 69.6 Å². The van der Waals surface area contributed by atoms with Crippen molar-refractivity contribution in [3.05, 3.63) is 35.7 Å². The van der Waals surface area contributed by atoms with E-state index < -0.39 is 0 Å². The first-order valence-corrected chi connectivity index (χ1v) is 12.2. The SMILES string of the molecule is Cc1[nH]c2c(-c3c(OCC4CC4)ccc4c3OCO4)ccnc2c1C(=O)NC1CCC(N)CC1. The van der Waals surface area contributed by atoms with Crippen LogP contribution in [0.1, 0.15) is 54.6 Å². The molecule has 2 saturated carbocycles. The van der Waals surface area contributed by atoms with E-state index in [4.69, 9.17) is 19.9 Å². The van der Waals surface area contributed by atoms with Crippen LogP contribution in [0.25, 0.3) is 22.2 Å². The number of rotatable bonds is 6. The molecule has 2 aliphatic carbocycles. The highest BCUT2D eigenvalue weighted by Crippen LogP contribution is 2.49. The lowest BCUT2D eigenvalue weighted by atomic mass is 9.91. The van der Waals surface area contributed by atoms with Crippen molar-refractivity contribution >= 4 is 16.9 Å². The molecule has 0 saturated heterocycles. The maximum Gasteiger partial charge on any atom is 0.255 e. The number of nitrogens with zero attached hydrogens (tertiary/aromatic N) is 1. The Balaban J connectivity index is 1.39. The van der Waals surface area contributed by atoms with E-state index in [1.54, 1.807) is 6.20 Å². The van der Waals surface area contributed by atoms with Crippen molar-refractivity contribution in [2.24, 2.45) is 11.7 Å². The number of benzene rings is 1. The van der Waals surface area contributed by atoms with E-state index in [0.717, 1.165) is 53.8 Å². The first-order valence-electron chi connectivity index (χ1n) is 12.2. The number of nitrogens with one attached hydrogen (secondary N) is 2. The first-order chi connectivity index (χ1) is 16.6. The van der Waals surface area contributed by atoms with E-state index in [2.05, 4.69) is 15.3 Å². The van der Waals surface area contributed by atoms with Crippen LogP contribution in [0.2, 0.25) is 0 Å². The quantitative estimate of drug-likeness (QED) is 0.510. The van der Waals surface area contributed by atoms with Gasteiger partial charge in [0.2, 0.25) is 6.79 Å². The number of H-pyrrole nitrogens is 1. The molecule has 8 heteroatoms. The van der Waals surface area contributed by atoms with Crippen LogP contribution in [0.4, 0.5) is 0 Å². The number of aromatic amines is 1. The van der Waals surface area contributed by atoms with Gasteiger partial charge in [0.15, 0.2) is 11.5 Å². The molecule has 0 atom stereocenters. The van der Waals surface area contributed by atoms with Gasteiger partial charge in [-0.3, -0.25) is 9.78 Å². The fourth-order valence-corrected chi connectivity index (χ4v) is 5.03. The highest BCUT2D eigenvalue weighted by Gasteiger charge is 2.29. The van der Waals surface area contributed by atoms with Gasteiger partial charge in [-0.1, -0.05) is 0 Å². The minimum Gasteiger partial charge on any atom is -0.493 e. The number of carbonyl (C=O) groups excluding carboxylic acids is 1. The number of aryl methyl sites for hydroxylation is 1. The number of fused-ring (bicyclic) bond motifs is 2. The molecular weight excluding hydrogens is 432 g/mol. The zero-order valence-electron chi connectivity index (χ0n) is 19.4. The van der Waals surface area contributed by atoms with Crippen molar-refractivity contribution in [2.45, 2.75) is 57.5 Å². The Bertz CT molecular complexity index is 1240. The number of carbonyl (C=O) groups is 1. The van der Waals surface area contributed by atoms with Crippen LogP contribution in [-0.4, -0.2) is 41.4 Å². The first kappa shape index (κ1) is 21.3. The van der Waals surface area contributed by atoms with Gasteiger partial charge in [-0.25, -0.2) is 0 Å². The van der Waals surface area contributed by atoms with Crippen LogP contribution in [0.5, 0.6) is 17.2 Å². The van der Waals surface area contributed by atoms with Crippen molar-refractivity contribution in [2.75, 3.05) is 13.4 Å². The molecule has 4 N–H and O–H groups in total. The summed E-state index contributed by atoms with van der Waals surface area (Å²) in [6.07, 6.45) is 7.84. The minimum absolute atomic E-state index is 0.100. The Labute approximate surface area is 198 Å². The fraction of sp³-hybridized carbons (Fsp3) is 0.462. The van der Waals surface area contributed by atoms with Gasteiger partial charge in [0, 0.05) is 29.5 Å². The normalized spacial score (nSPS) is 21.6. The Morgan fingerprint density at radius 3 is 2.79 bits per heavy atom. The predicted molar refractivity (Wildman–Crippen MR) is 128 cm³/mol. The Kier molecular flexibility index (Phi) is 5.32. The maximum absolute atomic E-state index is 13.3. The third-order valence-electron chi connectivity index (χ3n) is 7.15. The predicted octanol–water partition coefficient (Wildman–Crippen LogP) is 4.06. The molecule has 1 aliphatic heterocycles. The van der Waals surface area contributed by atoms with E-state index in [0.29, 0.717) is 35.1 Å². The summed E-state index contributed by atoms with van der Waals surface area (Å²) in [5.74, 6) is 2.62. The highest BCUT2D eigenvalue weighted by atomic mass is 16.7. The van der Waals surface area contributed by atoms with E-state index >= 15 is 0 Å². The van der Waals surface area contributed by atoms with Crippen molar-refractivity contribution in [3.8, 4) is 28.4 Å². The van der Waals surface area contributed by atoms with E-state index in [-0.39, 0.29) is 24.8 Å². The minimum atomic E-state index is -0.100. The lowest BCUT2D eigenvalue weighted by Crippen LogP contribution is -2.40. The summed E-state index contributed by atoms with van der Waals surface area (Å²) in [6.45, 7) is 2.77. The second-order valence-corrected chi connectivity index (χ2v) is 9.72. The van der Waals surface area contributed by atoms with E-state index in [1.807, 2.05) is 25.1 Å². The molecule has 2 fully saturated rings. The molecule has 2 aromatic heterocycles. The molecule has 0 spiro atoms. The summed E-state index contributed by atoms with van der Waals surface area (Å²) in [5.41, 5.74) is 10.5. The Hall–Kier alpha value is -3.26. The van der Waals surface area contributed by atoms with Gasteiger partial charge in [0.25, 0.3) is 5.91 Å². The number of hydrogen-bond acceptors (Lipinski definition) is 6. The van der Waals surface area contributed by atoms with Crippen molar-refractivity contribution in [1.29, 1.82) is 0 Å². The molecule has 6 rings (SSSR count). The lowest BCUT2D eigenvalue weighted by Gasteiger charge is -2.26. The number of pyridine rings is 1. The average Bonchev–Trinajstić information content (AvgIpc) is 3.42. The van der Waals surface area contributed by atoms with E-state index in [9.17, 15) is 4.79 Å². The summed E-state index contributed by atoms with van der Waals surface area (Å²) < 4.78 is 17.7. The van der Waals surface area contributed by atoms with Crippen LogP contribution in [0.3, 0.4) is 0 Å². The number of hydrogen-bond donors (Lipinski definition) is 3. The third kappa shape index (κ3) is 3.86. The van der Waals surface area contributed by atoms with Crippen LogP contribution in [0.15, 0.2) is 24.4 Å². The molecule has 0 unspecified atom stereocenters. The fourth-order valence-electron chi connectivity index (χ4n) is 5.03. The molecule has 1 aromatic carbocycles. The average molecular weight is 463 g/mol. The molecule has 178 valence electrons. The number of amides is 1. The van der Waals surface area contributed by atoms with Gasteiger partial charge < -0.3 is 30.2 Å². The van der Waals surface area contributed by atoms with Gasteiger partial charge in [0.05, 0.1) is 23.3 Å². The monoisotopic (exact) mass is 462 g/mol. The number of ether oxygens (including phenoxy) is 3. The highest BCUT2D eigenvalue weighted by molar-refractivity contribution is 6.10. The maximum atomic E-state index is 13.3. The standard InChI is InChI=1S/C26H30N4O4/c1-14-21(26(31)30-17-6-4-16(27)5-7-17)24-23(29-14)18(10-11-28-24)22-19(32-12-15-2-3-15)8-9-20-25(22)34-13-33-20/h8-11,15-17,29H,2-7,12-13,27H2,1H3,(H,30,31).